The van der Waals surface area contributed by atoms with Crippen LogP contribution >= 0.6 is 11.8 Å². The zero-order valence-corrected chi connectivity index (χ0v) is 13.4. The Hall–Kier alpha value is -1.07. The van der Waals surface area contributed by atoms with E-state index in [1.54, 1.807) is 7.11 Å². The van der Waals surface area contributed by atoms with Gasteiger partial charge in [0.05, 0.1) is 0 Å². The summed E-state index contributed by atoms with van der Waals surface area (Å²) in [5.41, 5.74) is 2.04. The van der Waals surface area contributed by atoms with Crippen LogP contribution in [0.4, 0.5) is 0 Å². The summed E-state index contributed by atoms with van der Waals surface area (Å²) in [4.78, 5) is 9.36. The first-order valence-corrected chi connectivity index (χ1v) is 8.84. The Balaban J connectivity index is 1.82. The van der Waals surface area contributed by atoms with Crippen LogP contribution in [0.25, 0.3) is 11.2 Å². The Morgan fingerprint density at radius 2 is 2.38 bits per heavy atom. The number of rotatable bonds is 6. The predicted octanol–water partition coefficient (Wildman–Crippen LogP) is 3.30. The molecule has 1 aliphatic rings. The van der Waals surface area contributed by atoms with Crippen LogP contribution in [0, 0.1) is 0 Å². The number of pyridine rings is 1. The second-order valence-corrected chi connectivity index (χ2v) is 6.97. The van der Waals surface area contributed by atoms with Crippen LogP contribution in [0.2, 0.25) is 0 Å². The maximum absolute atomic E-state index is 5.18. The minimum absolute atomic E-state index is 0.719. The first-order chi connectivity index (χ1) is 10.4. The van der Waals surface area contributed by atoms with Crippen LogP contribution in [-0.2, 0) is 17.7 Å². The highest BCUT2D eigenvalue weighted by molar-refractivity contribution is 7.99. The molecule has 0 radical (unpaired) electrons. The lowest BCUT2D eigenvalue weighted by Gasteiger charge is -2.21. The maximum atomic E-state index is 5.18. The van der Waals surface area contributed by atoms with Gasteiger partial charge in [0.2, 0.25) is 0 Å². The van der Waals surface area contributed by atoms with Crippen molar-refractivity contribution in [2.45, 2.75) is 43.9 Å². The topological polar surface area (TPSA) is 39.9 Å². The normalized spacial score (nSPS) is 19.2. The summed E-state index contributed by atoms with van der Waals surface area (Å²) in [5.74, 6) is 2.49. The Morgan fingerprint density at radius 3 is 3.19 bits per heavy atom. The van der Waals surface area contributed by atoms with Gasteiger partial charge in [-0.25, -0.2) is 9.97 Å². The lowest BCUT2D eigenvalue weighted by molar-refractivity contribution is 0.190. The van der Waals surface area contributed by atoms with Gasteiger partial charge in [-0.15, -0.1) is 0 Å². The summed E-state index contributed by atoms with van der Waals surface area (Å²) in [6.45, 7) is 1.72. The van der Waals surface area contributed by atoms with Crippen LogP contribution in [0.3, 0.4) is 0 Å². The van der Waals surface area contributed by atoms with Gasteiger partial charge >= 0.3 is 0 Å². The van der Waals surface area contributed by atoms with Gasteiger partial charge in [0.15, 0.2) is 5.65 Å². The fourth-order valence-corrected chi connectivity index (χ4v) is 4.24. The van der Waals surface area contributed by atoms with Gasteiger partial charge in [0, 0.05) is 38.1 Å². The molecule has 2 aromatic heterocycles. The quantitative estimate of drug-likeness (QED) is 0.768. The average molecular weight is 305 g/mol. The molecule has 21 heavy (non-hydrogen) atoms. The second-order valence-electron chi connectivity index (χ2n) is 5.56. The molecule has 0 amide bonds. The van der Waals surface area contributed by atoms with Gasteiger partial charge in [-0.1, -0.05) is 6.42 Å². The molecule has 0 N–H and O–H groups in total. The fraction of sp³-hybridized carbons (Fsp3) is 0.625. The van der Waals surface area contributed by atoms with Crippen molar-refractivity contribution in [3.63, 3.8) is 0 Å². The molecule has 0 bridgehead atoms. The lowest BCUT2D eigenvalue weighted by atomic mass is 10.1. The molecular formula is C16H23N3OS. The molecule has 1 unspecified atom stereocenters. The Labute approximate surface area is 130 Å². The molecule has 114 valence electrons. The van der Waals surface area contributed by atoms with Crippen molar-refractivity contribution in [2.75, 3.05) is 19.5 Å². The molecule has 1 aliphatic heterocycles. The number of imidazole rings is 1. The lowest BCUT2D eigenvalue weighted by Crippen LogP contribution is -2.16. The second kappa shape index (κ2) is 7.27. The number of thioether (sulfide) groups is 1. The first-order valence-electron chi connectivity index (χ1n) is 7.79. The number of methoxy groups -OCH3 is 1. The summed E-state index contributed by atoms with van der Waals surface area (Å²) < 4.78 is 7.48. The largest absolute Gasteiger partial charge is 0.385 e. The van der Waals surface area contributed by atoms with Crippen LogP contribution < -0.4 is 0 Å². The van der Waals surface area contributed by atoms with E-state index in [9.17, 15) is 0 Å². The summed E-state index contributed by atoms with van der Waals surface area (Å²) in [6.07, 6.45) is 7.97. The number of nitrogens with zero attached hydrogens (tertiary/aromatic N) is 3. The third-order valence-electron chi connectivity index (χ3n) is 4.00. The number of ether oxygens (including phenoxy) is 1. The van der Waals surface area contributed by atoms with Crippen molar-refractivity contribution < 1.29 is 4.74 Å². The predicted molar refractivity (Wildman–Crippen MR) is 87.8 cm³/mol. The number of aryl methyl sites for hydroxylation is 1. The SMILES string of the molecule is COCCCn1c(CC2CCCCS2)nc2cccnc21. The van der Waals surface area contributed by atoms with Crippen LogP contribution in [0.15, 0.2) is 18.3 Å². The highest BCUT2D eigenvalue weighted by Gasteiger charge is 2.19. The van der Waals surface area contributed by atoms with E-state index in [0.29, 0.717) is 0 Å². The summed E-state index contributed by atoms with van der Waals surface area (Å²) in [5, 5.41) is 0.719. The number of fused-ring (bicyclic) bond motifs is 1. The van der Waals surface area contributed by atoms with Gasteiger partial charge in [0.1, 0.15) is 11.3 Å². The molecule has 0 aromatic carbocycles. The molecular weight excluding hydrogens is 282 g/mol. The molecule has 1 fully saturated rings. The van der Waals surface area contributed by atoms with Crippen molar-refractivity contribution in [1.82, 2.24) is 14.5 Å². The monoisotopic (exact) mass is 305 g/mol. The molecule has 5 heteroatoms. The Kier molecular flexibility index (Phi) is 5.14. The zero-order valence-electron chi connectivity index (χ0n) is 12.6. The van der Waals surface area contributed by atoms with Crippen LogP contribution in [0.5, 0.6) is 0 Å². The van der Waals surface area contributed by atoms with E-state index in [1.165, 1.54) is 30.8 Å². The minimum Gasteiger partial charge on any atom is -0.385 e. The van der Waals surface area contributed by atoms with Crippen LogP contribution in [0.1, 0.15) is 31.5 Å². The summed E-state index contributed by atoms with van der Waals surface area (Å²) in [7, 11) is 1.75. The third kappa shape index (κ3) is 3.58. The van der Waals surface area contributed by atoms with Gasteiger partial charge in [-0.05, 0) is 37.1 Å². The van der Waals surface area contributed by atoms with Crippen molar-refractivity contribution in [1.29, 1.82) is 0 Å². The van der Waals surface area contributed by atoms with Crippen molar-refractivity contribution in [3.05, 3.63) is 24.2 Å². The van der Waals surface area contributed by atoms with E-state index in [2.05, 4.69) is 27.4 Å². The standard InChI is InChI=1S/C16H23N3OS/c1-20-10-5-9-19-15(12-13-6-2-3-11-21-13)18-14-7-4-8-17-16(14)19/h4,7-8,13H,2-3,5-6,9-12H2,1H3. The maximum Gasteiger partial charge on any atom is 0.159 e. The van der Waals surface area contributed by atoms with E-state index < -0.39 is 0 Å². The van der Waals surface area contributed by atoms with Crippen molar-refractivity contribution >= 4 is 22.9 Å². The molecule has 0 spiro atoms. The van der Waals surface area contributed by atoms with E-state index in [-0.39, 0.29) is 0 Å². The third-order valence-corrected chi connectivity index (χ3v) is 5.40. The zero-order chi connectivity index (χ0) is 14.5. The van der Waals surface area contributed by atoms with E-state index in [1.807, 2.05) is 12.3 Å². The number of aromatic nitrogens is 3. The smallest absolute Gasteiger partial charge is 0.159 e. The van der Waals surface area contributed by atoms with Crippen molar-refractivity contribution in [2.24, 2.45) is 0 Å². The molecule has 4 nitrogen and oxygen atoms in total. The molecule has 0 saturated carbocycles. The Bertz CT molecular complexity index is 578. The Morgan fingerprint density at radius 1 is 1.43 bits per heavy atom. The summed E-state index contributed by atoms with van der Waals surface area (Å²) in [6, 6.07) is 4.03. The highest BCUT2D eigenvalue weighted by atomic mass is 32.2. The molecule has 0 aliphatic carbocycles. The number of hydrogen-bond donors (Lipinski definition) is 0. The highest BCUT2D eigenvalue weighted by Crippen LogP contribution is 2.28. The molecule has 2 aromatic rings. The van der Waals surface area contributed by atoms with E-state index in [4.69, 9.17) is 9.72 Å². The van der Waals surface area contributed by atoms with Gasteiger partial charge in [-0.2, -0.15) is 11.8 Å². The summed E-state index contributed by atoms with van der Waals surface area (Å²) >= 11 is 2.11. The first kappa shape index (κ1) is 14.9. The molecule has 1 saturated heterocycles. The van der Waals surface area contributed by atoms with Crippen molar-refractivity contribution in [3.8, 4) is 0 Å². The molecule has 3 rings (SSSR count). The van der Waals surface area contributed by atoms with E-state index in [0.717, 1.165) is 42.4 Å². The van der Waals surface area contributed by atoms with Gasteiger partial charge in [-0.3, -0.25) is 0 Å². The molecule has 3 heterocycles. The molecule has 1 atom stereocenters. The fourth-order valence-electron chi connectivity index (χ4n) is 2.94. The van der Waals surface area contributed by atoms with Gasteiger partial charge < -0.3 is 9.30 Å². The van der Waals surface area contributed by atoms with Crippen LogP contribution in [-0.4, -0.2) is 39.3 Å². The van der Waals surface area contributed by atoms with Gasteiger partial charge in [0.25, 0.3) is 0 Å². The van der Waals surface area contributed by atoms with E-state index >= 15 is 0 Å². The minimum atomic E-state index is 0.719. The number of hydrogen-bond acceptors (Lipinski definition) is 4. The average Bonchev–Trinajstić information content (AvgIpc) is 2.86.